The number of ether oxygens (including phenoxy) is 2. The lowest BCUT2D eigenvalue weighted by Crippen LogP contribution is -2.41. The van der Waals surface area contributed by atoms with Gasteiger partial charge in [-0.3, -0.25) is 4.79 Å². The number of carbonyl (C=O) groups is 3. The Labute approximate surface area is 273 Å². The van der Waals surface area contributed by atoms with Gasteiger partial charge in [0.1, 0.15) is 16.7 Å². The fourth-order valence-corrected chi connectivity index (χ4v) is 5.62. The monoisotopic (exact) mass is 639 g/mol. The van der Waals surface area contributed by atoms with Gasteiger partial charge in [-0.1, -0.05) is 18.6 Å². The van der Waals surface area contributed by atoms with Gasteiger partial charge in [0.05, 0.1) is 35.5 Å². The first-order chi connectivity index (χ1) is 22.2. The Morgan fingerprint density at radius 1 is 0.936 bits per heavy atom. The Balaban J connectivity index is 1.28. The molecule has 1 saturated carbocycles. The molecule has 0 bridgehead atoms. The van der Waals surface area contributed by atoms with Gasteiger partial charge in [0.2, 0.25) is 0 Å². The number of hydrogen-bond donors (Lipinski definition) is 1. The molecule has 1 aliphatic rings. The second-order valence-electron chi connectivity index (χ2n) is 14.2. The maximum atomic E-state index is 13.7. The minimum Gasteiger partial charge on any atom is -0.444 e. The summed E-state index contributed by atoms with van der Waals surface area (Å²) < 4.78 is 14.8. The third kappa shape index (κ3) is 7.21. The van der Waals surface area contributed by atoms with Crippen molar-refractivity contribution in [3.05, 3.63) is 71.8 Å². The predicted octanol–water partition coefficient (Wildman–Crippen LogP) is 6.48. The summed E-state index contributed by atoms with van der Waals surface area (Å²) in [6.07, 6.45) is 7.14. The fourth-order valence-electron chi connectivity index (χ4n) is 5.62. The second-order valence-corrected chi connectivity index (χ2v) is 14.2. The SMILES string of the molecule is CC(C)(C)OC(=O)N(Cc1cc2ccc(CNC(=O)c3cnc4ncc5ccnn5c4c3)cc2n1C(=O)OC(C)(C)C)CC1CCC1. The Kier molecular flexibility index (Phi) is 8.37. The molecule has 6 rings (SSSR count). The highest BCUT2D eigenvalue weighted by Crippen LogP contribution is 2.30. The molecule has 12 heteroatoms. The van der Waals surface area contributed by atoms with E-state index in [0.717, 1.165) is 35.7 Å². The summed E-state index contributed by atoms with van der Waals surface area (Å²) in [5, 5.41) is 8.08. The molecule has 4 heterocycles. The highest BCUT2D eigenvalue weighted by atomic mass is 16.6. The van der Waals surface area contributed by atoms with Crippen molar-refractivity contribution in [2.24, 2.45) is 5.92 Å². The number of carbonyl (C=O) groups excluding carboxylic acids is 3. The summed E-state index contributed by atoms with van der Waals surface area (Å²) in [7, 11) is 0. The molecule has 1 fully saturated rings. The zero-order valence-corrected chi connectivity index (χ0v) is 27.7. The number of amides is 2. The molecule has 4 aromatic heterocycles. The Bertz CT molecular complexity index is 1980. The van der Waals surface area contributed by atoms with Gasteiger partial charge in [-0.2, -0.15) is 5.10 Å². The maximum Gasteiger partial charge on any atom is 0.419 e. The van der Waals surface area contributed by atoms with Crippen LogP contribution in [0.15, 0.2) is 55.0 Å². The third-order valence-electron chi connectivity index (χ3n) is 8.01. The van der Waals surface area contributed by atoms with Crippen molar-refractivity contribution in [1.82, 2.24) is 34.4 Å². The van der Waals surface area contributed by atoms with Crippen LogP contribution in [0.2, 0.25) is 0 Å². The first kappa shape index (κ1) is 32.0. The quantitative estimate of drug-likeness (QED) is 0.214. The summed E-state index contributed by atoms with van der Waals surface area (Å²) >= 11 is 0. The molecular formula is C35H41N7O5. The van der Waals surface area contributed by atoms with Gasteiger partial charge in [-0.15, -0.1) is 0 Å². The van der Waals surface area contributed by atoms with Crippen LogP contribution in [0.4, 0.5) is 9.59 Å². The molecule has 12 nitrogen and oxygen atoms in total. The van der Waals surface area contributed by atoms with Crippen molar-refractivity contribution in [2.45, 2.75) is 85.1 Å². The number of nitrogens with one attached hydrogen (secondary N) is 1. The largest absolute Gasteiger partial charge is 0.444 e. The van der Waals surface area contributed by atoms with Crippen LogP contribution < -0.4 is 5.32 Å². The number of nitrogens with zero attached hydrogens (tertiary/aromatic N) is 6. The van der Waals surface area contributed by atoms with Crippen LogP contribution in [0.3, 0.4) is 0 Å². The minimum absolute atomic E-state index is 0.179. The number of rotatable bonds is 7. The molecule has 5 aromatic rings. The lowest BCUT2D eigenvalue weighted by molar-refractivity contribution is 0.0163. The van der Waals surface area contributed by atoms with Gasteiger partial charge < -0.3 is 19.7 Å². The smallest absolute Gasteiger partial charge is 0.419 e. The van der Waals surface area contributed by atoms with Crippen LogP contribution >= 0.6 is 0 Å². The van der Waals surface area contributed by atoms with E-state index < -0.39 is 23.4 Å². The van der Waals surface area contributed by atoms with Gasteiger partial charge in [0.25, 0.3) is 5.91 Å². The third-order valence-corrected chi connectivity index (χ3v) is 8.01. The molecule has 2 amide bonds. The number of aromatic nitrogens is 5. The summed E-state index contributed by atoms with van der Waals surface area (Å²) in [6.45, 7) is 11.9. The average Bonchev–Trinajstić information content (AvgIpc) is 3.59. The van der Waals surface area contributed by atoms with E-state index in [4.69, 9.17) is 9.47 Å². The fraction of sp³-hybridized carbons (Fsp3) is 0.429. The standard InChI is InChI=1S/C35H41N7O5/c1-34(2,3)46-32(44)40(20-22-8-7-9-22)21-27-15-24-11-10-23(14-28(24)41(27)33(45)47-35(4,5)6)17-38-31(43)25-16-29-30(36-18-25)37-19-26-12-13-39-42(26)29/h10-16,18-19,22H,7-9,17,20-21H2,1-6H3,(H,38,43). The number of benzene rings is 1. The van der Waals surface area contributed by atoms with Gasteiger partial charge >= 0.3 is 12.2 Å². The van der Waals surface area contributed by atoms with E-state index in [2.05, 4.69) is 20.4 Å². The lowest BCUT2D eigenvalue weighted by Gasteiger charge is -2.33. The van der Waals surface area contributed by atoms with E-state index in [1.807, 2.05) is 71.9 Å². The first-order valence-electron chi connectivity index (χ1n) is 16.0. The van der Waals surface area contributed by atoms with Crippen molar-refractivity contribution in [3.8, 4) is 0 Å². The minimum atomic E-state index is -0.738. The van der Waals surface area contributed by atoms with E-state index in [1.165, 1.54) is 10.8 Å². The Hall–Kier alpha value is -5.00. The zero-order chi connectivity index (χ0) is 33.5. The molecule has 1 N–H and O–H groups in total. The molecule has 246 valence electrons. The van der Waals surface area contributed by atoms with Gasteiger partial charge in [0, 0.05) is 30.4 Å². The first-order valence-corrected chi connectivity index (χ1v) is 16.0. The molecular weight excluding hydrogens is 598 g/mol. The molecule has 0 atom stereocenters. The Morgan fingerprint density at radius 3 is 2.38 bits per heavy atom. The van der Waals surface area contributed by atoms with E-state index in [0.29, 0.717) is 40.4 Å². The van der Waals surface area contributed by atoms with E-state index in [-0.39, 0.29) is 19.0 Å². The summed E-state index contributed by atoms with van der Waals surface area (Å²) in [5.41, 5.74) is 2.90. The lowest BCUT2D eigenvalue weighted by atomic mass is 9.85. The molecule has 0 spiro atoms. The molecule has 0 unspecified atom stereocenters. The summed E-state index contributed by atoms with van der Waals surface area (Å²) in [6, 6.07) is 11.1. The highest BCUT2D eigenvalue weighted by molar-refractivity contribution is 5.96. The number of fused-ring (bicyclic) bond motifs is 4. The van der Waals surface area contributed by atoms with Crippen LogP contribution in [0, 0.1) is 5.92 Å². The zero-order valence-electron chi connectivity index (χ0n) is 27.7. The highest BCUT2D eigenvalue weighted by Gasteiger charge is 2.30. The molecule has 0 aliphatic heterocycles. The predicted molar refractivity (Wildman–Crippen MR) is 177 cm³/mol. The topological polar surface area (TPSA) is 133 Å². The van der Waals surface area contributed by atoms with Crippen LogP contribution in [-0.4, -0.2) is 64.9 Å². The van der Waals surface area contributed by atoms with Crippen LogP contribution in [0.5, 0.6) is 0 Å². The number of hydrogen-bond acceptors (Lipinski definition) is 8. The van der Waals surface area contributed by atoms with Crippen LogP contribution in [-0.2, 0) is 22.6 Å². The van der Waals surface area contributed by atoms with Crippen LogP contribution in [0.25, 0.3) is 27.6 Å². The molecule has 0 radical (unpaired) electrons. The second kappa shape index (κ2) is 12.3. The van der Waals surface area contributed by atoms with Gasteiger partial charge in [-0.05, 0) is 90.1 Å². The maximum absolute atomic E-state index is 13.7. The van der Waals surface area contributed by atoms with Crippen molar-refractivity contribution < 1.29 is 23.9 Å². The molecule has 1 aliphatic carbocycles. The molecule has 0 saturated heterocycles. The van der Waals surface area contributed by atoms with Crippen molar-refractivity contribution >= 4 is 45.7 Å². The van der Waals surface area contributed by atoms with Crippen molar-refractivity contribution in [3.63, 3.8) is 0 Å². The van der Waals surface area contributed by atoms with Crippen molar-refractivity contribution in [2.75, 3.05) is 6.54 Å². The summed E-state index contributed by atoms with van der Waals surface area (Å²) in [5.74, 6) is 0.0904. The summed E-state index contributed by atoms with van der Waals surface area (Å²) in [4.78, 5) is 50.6. The Morgan fingerprint density at radius 2 is 1.68 bits per heavy atom. The average molecular weight is 640 g/mol. The van der Waals surface area contributed by atoms with Crippen LogP contribution in [0.1, 0.15) is 82.4 Å². The normalized spacial score (nSPS) is 13.9. The molecule has 47 heavy (non-hydrogen) atoms. The van der Waals surface area contributed by atoms with E-state index in [1.54, 1.807) is 27.9 Å². The van der Waals surface area contributed by atoms with Crippen molar-refractivity contribution in [1.29, 1.82) is 0 Å². The van der Waals surface area contributed by atoms with E-state index >= 15 is 0 Å². The number of pyridine rings is 1. The van der Waals surface area contributed by atoms with Gasteiger partial charge in [-0.25, -0.2) is 28.6 Å². The molecule has 1 aromatic carbocycles. The van der Waals surface area contributed by atoms with Gasteiger partial charge in [0.15, 0.2) is 5.65 Å². The van der Waals surface area contributed by atoms with E-state index in [9.17, 15) is 14.4 Å².